The van der Waals surface area contributed by atoms with E-state index in [1.54, 1.807) is 12.1 Å². The molecule has 0 unspecified atom stereocenters. The second-order valence-corrected chi connectivity index (χ2v) is 14.6. The highest BCUT2D eigenvalue weighted by Gasteiger charge is 2.46. The number of nitrogens with zero attached hydrogens (tertiary/aromatic N) is 1. The first kappa shape index (κ1) is 26.4. The van der Waals surface area contributed by atoms with Crippen LogP contribution in [0.4, 0.5) is 17.1 Å². The van der Waals surface area contributed by atoms with Crippen molar-refractivity contribution in [1.82, 2.24) is 0 Å². The highest BCUT2D eigenvalue weighted by atomic mass is 15.1. The third-order valence-corrected chi connectivity index (χ3v) is 11.5. The molecule has 0 spiro atoms. The van der Waals surface area contributed by atoms with Gasteiger partial charge in [-0.2, -0.15) is 0 Å². The average Bonchev–Trinajstić information content (AvgIpc) is 3.65. The molecule has 1 aliphatic carbocycles. The number of rotatable bonds is 7. The standard InChI is InChI=1S/C57H39N/c1-3-20-46(21-4-1)57(47-22-5-2-6-23-47)55-28-12-11-26-53(55)54-36-35-50(39-56(54)57)58(48-33-31-41(32-34-48)44-30-29-40-15-7-8-17-43(40)37-44)49-24-13-19-45(38-49)52-27-14-18-42-16-9-10-25-51(42)52/h1-39H/i13D,19D,24D,31D,32D,33D,34D,38D. The summed E-state index contributed by atoms with van der Waals surface area (Å²) in [6.07, 6.45) is 0. The Balaban J connectivity index is 1.25. The van der Waals surface area contributed by atoms with Gasteiger partial charge in [-0.15, -0.1) is 0 Å². The molecule has 11 rings (SSSR count). The Morgan fingerprint density at radius 2 is 1.00 bits per heavy atom. The number of anilines is 3. The zero-order valence-electron chi connectivity index (χ0n) is 39.3. The van der Waals surface area contributed by atoms with Gasteiger partial charge >= 0.3 is 0 Å². The molecule has 0 aromatic heterocycles. The van der Waals surface area contributed by atoms with Crippen molar-refractivity contribution < 1.29 is 11.0 Å². The van der Waals surface area contributed by atoms with Gasteiger partial charge in [0.15, 0.2) is 0 Å². The Kier molecular flexibility index (Phi) is 6.33. The van der Waals surface area contributed by atoms with Crippen molar-refractivity contribution in [3.05, 3.63) is 259 Å². The Morgan fingerprint density at radius 1 is 0.362 bits per heavy atom. The lowest BCUT2D eigenvalue weighted by atomic mass is 9.67. The van der Waals surface area contributed by atoms with Crippen LogP contribution in [-0.2, 0) is 5.41 Å². The first-order valence-corrected chi connectivity index (χ1v) is 19.4. The minimum atomic E-state index is -0.863. The molecule has 58 heavy (non-hydrogen) atoms. The number of hydrogen-bond acceptors (Lipinski definition) is 1. The Morgan fingerprint density at radius 3 is 1.79 bits per heavy atom. The van der Waals surface area contributed by atoms with Gasteiger partial charge in [-0.3, -0.25) is 0 Å². The Hall–Kier alpha value is -7.48. The van der Waals surface area contributed by atoms with E-state index in [2.05, 4.69) is 36.4 Å². The normalized spacial score (nSPS) is 14.6. The molecule has 0 amide bonds. The third-order valence-electron chi connectivity index (χ3n) is 11.5. The van der Waals surface area contributed by atoms with Gasteiger partial charge < -0.3 is 4.90 Å². The molecule has 0 bridgehead atoms. The molecule has 0 saturated carbocycles. The van der Waals surface area contributed by atoms with Crippen molar-refractivity contribution >= 4 is 38.6 Å². The molecule has 272 valence electrons. The van der Waals surface area contributed by atoms with Gasteiger partial charge in [0.2, 0.25) is 0 Å². The molecule has 0 radical (unpaired) electrons. The minimum absolute atomic E-state index is 0.118. The van der Waals surface area contributed by atoms with Crippen LogP contribution in [0.3, 0.4) is 0 Å². The maximum Gasteiger partial charge on any atom is 0.0714 e. The summed E-state index contributed by atoms with van der Waals surface area (Å²) >= 11 is 0. The maximum atomic E-state index is 10.1. The van der Waals surface area contributed by atoms with Gasteiger partial charge in [0.25, 0.3) is 0 Å². The first-order valence-electron chi connectivity index (χ1n) is 23.4. The summed E-state index contributed by atoms with van der Waals surface area (Å²) in [5.41, 5.74) is 6.36. The number of fused-ring (bicyclic) bond motifs is 5. The molecule has 1 aliphatic rings. The van der Waals surface area contributed by atoms with Crippen molar-refractivity contribution in [3.63, 3.8) is 0 Å². The molecule has 10 aromatic carbocycles. The molecule has 1 heteroatoms. The van der Waals surface area contributed by atoms with Crippen LogP contribution < -0.4 is 4.90 Å². The lowest BCUT2D eigenvalue weighted by molar-refractivity contribution is 0.768. The Bertz CT molecular complexity index is 3520. The van der Waals surface area contributed by atoms with Crippen molar-refractivity contribution in [3.8, 4) is 33.4 Å². The van der Waals surface area contributed by atoms with E-state index in [1.165, 1.54) is 4.90 Å². The predicted octanol–water partition coefficient (Wildman–Crippen LogP) is 15.2. The fourth-order valence-electron chi connectivity index (χ4n) is 8.87. The summed E-state index contributed by atoms with van der Waals surface area (Å²) in [5, 5.41) is 3.48. The van der Waals surface area contributed by atoms with E-state index < -0.39 is 17.5 Å². The van der Waals surface area contributed by atoms with Crippen LogP contribution in [0.25, 0.3) is 54.9 Å². The first-order chi connectivity index (χ1) is 32.1. The third kappa shape index (κ3) is 5.47. The van der Waals surface area contributed by atoms with Gasteiger partial charge in [-0.1, -0.05) is 194 Å². The highest BCUT2D eigenvalue weighted by Crippen LogP contribution is 2.57. The summed E-state index contributed by atoms with van der Waals surface area (Å²) in [4.78, 5) is 1.46. The fraction of sp³-hybridized carbons (Fsp3) is 0.0175. The largest absolute Gasteiger partial charge is 0.310 e. The van der Waals surface area contributed by atoms with Crippen LogP contribution in [0.5, 0.6) is 0 Å². The van der Waals surface area contributed by atoms with Crippen LogP contribution in [0.15, 0.2) is 236 Å². The lowest BCUT2D eigenvalue weighted by Crippen LogP contribution is -2.28. The van der Waals surface area contributed by atoms with Gasteiger partial charge in [-0.25, -0.2) is 0 Å². The second kappa shape index (κ2) is 13.9. The zero-order chi connectivity index (χ0) is 45.4. The molecule has 0 heterocycles. The molecule has 0 saturated heterocycles. The number of hydrogen-bond donors (Lipinski definition) is 0. The van der Waals surface area contributed by atoms with Crippen LogP contribution in [0, 0.1) is 0 Å². The molecule has 10 aromatic rings. The molecular weight excluding hydrogens is 699 g/mol. The molecule has 1 nitrogen and oxygen atoms in total. The van der Waals surface area contributed by atoms with Crippen molar-refractivity contribution in [2.24, 2.45) is 0 Å². The maximum absolute atomic E-state index is 10.1. The minimum Gasteiger partial charge on any atom is -0.310 e. The lowest BCUT2D eigenvalue weighted by Gasteiger charge is -2.35. The molecule has 0 atom stereocenters. The second-order valence-electron chi connectivity index (χ2n) is 14.6. The van der Waals surface area contributed by atoms with E-state index in [0.717, 1.165) is 54.9 Å². The van der Waals surface area contributed by atoms with Gasteiger partial charge in [-0.05, 0) is 120 Å². The number of benzene rings is 10. The van der Waals surface area contributed by atoms with Crippen molar-refractivity contribution in [2.45, 2.75) is 5.41 Å². The molecular formula is C57H39N. The van der Waals surface area contributed by atoms with Crippen LogP contribution in [-0.4, -0.2) is 0 Å². The van der Waals surface area contributed by atoms with E-state index in [-0.39, 0.29) is 58.8 Å². The summed E-state index contributed by atoms with van der Waals surface area (Å²) in [6, 6.07) is 58.3. The van der Waals surface area contributed by atoms with Gasteiger partial charge in [0.1, 0.15) is 0 Å². The monoisotopic (exact) mass is 745 g/mol. The smallest absolute Gasteiger partial charge is 0.0714 e. The average molecular weight is 746 g/mol. The zero-order valence-corrected chi connectivity index (χ0v) is 31.3. The van der Waals surface area contributed by atoms with Crippen LogP contribution in [0.2, 0.25) is 0 Å². The summed E-state index contributed by atoms with van der Waals surface area (Å²) < 4.78 is 77.3. The SMILES string of the molecule is [2H]c1c([2H])c(-c2cccc3ccccc23)c([2H])c(N(c2ccc3c(c2)C(c2ccccc2)(c2ccccc2)c2ccccc2-3)c2c([2H])c([2H])c(-c3ccc4ccccc4c3)c([2H])c2[2H])c1[2H]. The van der Waals surface area contributed by atoms with E-state index in [4.69, 9.17) is 0 Å². The van der Waals surface area contributed by atoms with E-state index in [1.807, 2.05) is 140 Å². The Labute approximate surface area is 351 Å². The van der Waals surface area contributed by atoms with Crippen LogP contribution >= 0.6 is 0 Å². The fourth-order valence-corrected chi connectivity index (χ4v) is 8.87. The molecule has 0 fully saturated rings. The van der Waals surface area contributed by atoms with Crippen molar-refractivity contribution in [2.75, 3.05) is 4.90 Å². The topological polar surface area (TPSA) is 3.24 Å². The van der Waals surface area contributed by atoms with E-state index in [9.17, 15) is 11.0 Å². The molecule has 0 N–H and O–H groups in total. The van der Waals surface area contributed by atoms with Gasteiger partial charge in [0, 0.05) is 17.1 Å². The van der Waals surface area contributed by atoms with Crippen molar-refractivity contribution in [1.29, 1.82) is 0 Å². The summed E-state index contributed by atoms with van der Waals surface area (Å²) in [5.74, 6) is 0. The summed E-state index contributed by atoms with van der Waals surface area (Å²) in [7, 11) is 0. The van der Waals surface area contributed by atoms with E-state index >= 15 is 0 Å². The van der Waals surface area contributed by atoms with E-state index in [0.29, 0.717) is 16.8 Å². The predicted molar refractivity (Wildman–Crippen MR) is 244 cm³/mol. The summed E-state index contributed by atoms with van der Waals surface area (Å²) in [6.45, 7) is 0. The highest BCUT2D eigenvalue weighted by molar-refractivity contribution is 5.98. The quantitative estimate of drug-likeness (QED) is 0.157. The van der Waals surface area contributed by atoms with Crippen LogP contribution in [0.1, 0.15) is 33.2 Å². The van der Waals surface area contributed by atoms with Gasteiger partial charge in [0.05, 0.1) is 16.4 Å². The molecule has 0 aliphatic heterocycles.